The Hall–Kier alpha value is -2.83. The summed E-state index contributed by atoms with van der Waals surface area (Å²) in [4.78, 5) is 28.4. The van der Waals surface area contributed by atoms with Crippen LogP contribution in [0.3, 0.4) is 0 Å². The number of carbonyl (C=O) groups excluding carboxylic acids is 2. The van der Waals surface area contributed by atoms with Crippen LogP contribution in [0.4, 0.5) is 10.5 Å². The van der Waals surface area contributed by atoms with Crippen molar-refractivity contribution in [2.75, 3.05) is 11.5 Å². The first-order chi connectivity index (χ1) is 10.1. The van der Waals surface area contributed by atoms with Gasteiger partial charge in [-0.3, -0.25) is 9.47 Å². The summed E-state index contributed by atoms with van der Waals surface area (Å²) in [5.74, 6) is -0.905. The quantitative estimate of drug-likeness (QED) is 0.811. The molecule has 0 saturated heterocycles. The lowest BCUT2D eigenvalue weighted by atomic mass is 10.2. The number of nitrogens with zero attached hydrogens (tertiary/aromatic N) is 3. The lowest BCUT2D eigenvalue weighted by molar-refractivity contribution is -0.255. The minimum absolute atomic E-state index is 0.142. The maximum absolute atomic E-state index is 12.0. The summed E-state index contributed by atoms with van der Waals surface area (Å²) < 4.78 is 6.68. The minimum atomic E-state index is -1.35. The number of carbonyl (C=O) groups is 2. The monoisotopic (exact) mass is 286 g/mol. The Morgan fingerprint density at radius 2 is 2.05 bits per heavy atom. The lowest BCUT2D eigenvalue weighted by Gasteiger charge is -2.29. The Bertz CT molecular complexity index is 723. The van der Waals surface area contributed by atoms with Crippen LogP contribution in [0.2, 0.25) is 0 Å². The Morgan fingerprint density at radius 3 is 2.71 bits per heavy atom. The van der Waals surface area contributed by atoms with Gasteiger partial charge in [-0.15, -0.1) is 0 Å². The van der Waals surface area contributed by atoms with Crippen LogP contribution in [0.5, 0.6) is 0 Å². The number of hydrogen-bond acceptors (Lipinski definition) is 5. The molecule has 3 rings (SSSR count). The van der Waals surface area contributed by atoms with E-state index in [4.69, 9.17) is 4.74 Å². The molecule has 21 heavy (non-hydrogen) atoms. The molecule has 1 aliphatic rings. The standard InChI is InChI=1S/C14H13N3O4/c1-2-21-14(20)17-8-12-15-9(13(18)19)7-16(12)10-5-3-4-6-11(10)17/h3-7H,2,8H2,1H3,(H,18,19)/p-1. The number of aromatic nitrogens is 2. The first kappa shape index (κ1) is 13.2. The van der Waals surface area contributed by atoms with Gasteiger partial charge in [-0.25, -0.2) is 9.78 Å². The van der Waals surface area contributed by atoms with Crippen molar-refractivity contribution in [3.05, 3.63) is 42.0 Å². The Labute approximate surface area is 120 Å². The van der Waals surface area contributed by atoms with Gasteiger partial charge in [0.2, 0.25) is 0 Å². The van der Waals surface area contributed by atoms with E-state index < -0.39 is 12.1 Å². The average molecular weight is 286 g/mol. The number of imidazole rings is 1. The summed E-state index contributed by atoms with van der Waals surface area (Å²) in [6, 6.07) is 7.15. The Kier molecular flexibility index (Phi) is 3.09. The maximum atomic E-state index is 12.0. The zero-order valence-corrected chi connectivity index (χ0v) is 11.3. The highest BCUT2D eigenvalue weighted by Gasteiger charge is 2.28. The van der Waals surface area contributed by atoms with Crippen molar-refractivity contribution in [3.63, 3.8) is 0 Å². The number of anilines is 1. The SMILES string of the molecule is CCOC(=O)N1Cc2nc(C(=O)[O-])cn2-c2ccccc21. The molecule has 0 bridgehead atoms. The Morgan fingerprint density at radius 1 is 1.33 bits per heavy atom. The number of benzene rings is 1. The van der Waals surface area contributed by atoms with Gasteiger partial charge in [-0.1, -0.05) is 12.1 Å². The summed E-state index contributed by atoms with van der Waals surface area (Å²) in [6.07, 6.45) is 0.903. The predicted octanol–water partition coefficient (Wildman–Crippen LogP) is 0.712. The molecule has 0 fully saturated rings. The van der Waals surface area contributed by atoms with Gasteiger partial charge in [-0.05, 0) is 19.1 Å². The highest BCUT2D eigenvalue weighted by molar-refractivity contribution is 5.91. The van der Waals surface area contributed by atoms with Crippen molar-refractivity contribution < 1.29 is 19.4 Å². The van der Waals surface area contributed by atoms with E-state index in [9.17, 15) is 14.7 Å². The summed E-state index contributed by atoms with van der Waals surface area (Å²) in [5, 5.41) is 11.0. The third-order valence-corrected chi connectivity index (χ3v) is 3.21. The molecule has 1 amide bonds. The van der Waals surface area contributed by atoms with Crippen molar-refractivity contribution >= 4 is 17.7 Å². The molecule has 1 aromatic heterocycles. The van der Waals surface area contributed by atoms with Crippen LogP contribution in [0.25, 0.3) is 5.69 Å². The highest BCUT2D eigenvalue weighted by Crippen LogP contribution is 2.32. The molecular weight excluding hydrogens is 274 g/mol. The van der Waals surface area contributed by atoms with Gasteiger partial charge < -0.3 is 14.6 Å². The zero-order chi connectivity index (χ0) is 15.0. The molecule has 0 N–H and O–H groups in total. The highest BCUT2D eigenvalue weighted by atomic mass is 16.6. The molecule has 2 heterocycles. The first-order valence-electron chi connectivity index (χ1n) is 6.45. The summed E-state index contributed by atoms with van der Waals surface area (Å²) in [5.41, 5.74) is 1.16. The predicted molar refractivity (Wildman–Crippen MR) is 71.1 cm³/mol. The second-order valence-electron chi connectivity index (χ2n) is 4.47. The molecule has 7 nitrogen and oxygen atoms in total. The molecule has 0 aliphatic carbocycles. The molecule has 1 aliphatic heterocycles. The second-order valence-corrected chi connectivity index (χ2v) is 4.47. The second kappa shape index (κ2) is 4.93. The average Bonchev–Trinajstić information content (AvgIpc) is 2.91. The van der Waals surface area contributed by atoms with E-state index in [0.717, 1.165) is 0 Å². The van der Waals surface area contributed by atoms with Crippen LogP contribution in [0.15, 0.2) is 30.5 Å². The summed E-state index contributed by atoms with van der Waals surface area (Å²) in [7, 11) is 0. The molecule has 2 aromatic rings. The van der Waals surface area contributed by atoms with Crippen LogP contribution in [-0.2, 0) is 11.3 Å². The molecule has 108 valence electrons. The van der Waals surface area contributed by atoms with Crippen LogP contribution in [-0.4, -0.2) is 28.2 Å². The molecular formula is C14H12N3O4-. The van der Waals surface area contributed by atoms with Crippen molar-refractivity contribution in [1.29, 1.82) is 0 Å². The fraction of sp³-hybridized carbons (Fsp3) is 0.214. The van der Waals surface area contributed by atoms with E-state index in [1.54, 1.807) is 35.8 Å². The third kappa shape index (κ3) is 2.12. The smallest absolute Gasteiger partial charge is 0.414 e. The number of amides is 1. The van der Waals surface area contributed by atoms with Crippen molar-refractivity contribution in [3.8, 4) is 5.69 Å². The van der Waals surface area contributed by atoms with E-state index in [2.05, 4.69) is 4.98 Å². The van der Waals surface area contributed by atoms with Crippen LogP contribution in [0, 0.1) is 0 Å². The fourth-order valence-corrected chi connectivity index (χ4v) is 2.32. The normalized spacial score (nSPS) is 12.5. The number of carboxylic acids is 1. The number of rotatable bonds is 2. The lowest BCUT2D eigenvalue weighted by Crippen LogP contribution is -2.35. The van der Waals surface area contributed by atoms with Gasteiger partial charge in [0.25, 0.3) is 0 Å². The van der Waals surface area contributed by atoms with Crippen molar-refractivity contribution in [1.82, 2.24) is 9.55 Å². The number of fused-ring (bicyclic) bond motifs is 3. The molecule has 0 saturated carbocycles. The molecule has 0 radical (unpaired) electrons. The van der Waals surface area contributed by atoms with Gasteiger partial charge >= 0.3 is 6.09 Å². The van der Waals surface area contributed by atoms with Crippen LogP contribution < -0.4 is 10.0 Å². The third-order valence-electron chi connectivity index (χ3n) is 3.21. The van der Waals surface area contributed by atoms with Gasteiger partial charge in [-0.2, -0.15) is 0 Å². The Balaban J connectivity index is 2.11. The van der Waals surface area contributed by atoms with Gasteiger partial charge in [0.1, 0.15) is 11.5 Å². The number of para-hydroxylation sites is 2. The van der Waals surface area contributed by atoms with E-state index in [-0.39, 0.29) is 18.8 Å². The molecule has 0 spiro atoms. The van der Waals surface area contributed by atoms with Gasteiger partial charge in [0, 0.05) is 6.20 Å². The largest absolute Gasteiger partial charge is 0.543 e. The first-order valence-corrected chi connectivity index (χ1v) is 6.45. The number of aromatic carboxylic acids is 1. The topological polar surface area (TPSA) is 87.5 Å². The van der Waals surface area contributed by atoms with Crippen LogP contribution in [0.1, 0.15) is 23.2 Å². The van der Waals surface area contributed by atoms with E-state index >= 15 is 0 Å². The minimum Gasteiger partial charge on any atom is -0.543 e. The number of ether oxygens (including phenoxy) is 1. The summed E-state index contributed by atoms with van der Waals surface area (Å²) >= 11 is 0. The van der Waals surface area contributed by atoms with E-state index in [1.165, 1.54) is 11.1 Å². The van der Waals surface area contributed by atoms with Crippen molar-refractivity contribution in [2.24, 2.45) is 0 Å². The number of carboxylic acid groups (broad SMARTS) is 1. The van der Waals surface area contributed by atoms with Gasteiger partial charge in [0.05, 0.1) is 30.5 Å². The van der Waals surface area contributed by atoms with E-state index in [1.807, 2.05) is 0 Å². The van der Waals surface area contributed by atoms with Crippen molar-refractivity contribution in [2.45, 2.75) is 13.5 Å². The molecule has 0 atom stereocenters. The molecule has 1 aromatic carbocycles. The summed E-state index contributed by atoms with van der Waals surface area (Å²) in [6.45, 7) is 2.13. The van der Waals surface area contributed by atoms with Gasteiger partial charge in [0.15, 0.2) is 0 Å². The van der Waals surface area contributed by atoms with E-state index in [0.29, 0.717) is 17.2 Å². The molecule has 0 unspecified atom stereocenters. The zero-order valence-electron chi connectivity index (χ0n) is 11.3. The molecule has 7 heteroatoms. The fourth-order valence-electron chi connectivity index (χ4n) is 2.32. The number of hydrogen-bond donors (Lipinski definition) is 0. The maximum Gasteiger partial charge on any atom is 0.414 e. The van der Waals surface area contributed by atoms with Crippen LogP contribution >= 0.6 is 0 Å².